The first-order chi connectivity index (χ1) is 14.1. The second-order valence-electron chi connectivity index (χ2n) is 6.98. The molecule has 1 aromatic heterocycles. The standard InChI is InChI=1S/C24H25N3O2/c1-18-7-5-10-20(13-18)15-27-24(29)22-14-21(16-25-17-22)23(28)26-12-6-11-19-8-3-2-4-9-19/h2-5,7-10,13-14,16-17H,6,11-12,15H2,1H3,(H,26,28)(H,27,29). The van der Waals surface area contributed by atoms with E-state index in [-0.39, 0.29) is 11.8 Å². The number of nitrogens with one attached hydrogen (secondary N) is 2. The molecular weight excluding hydrogens is 362 g/mol. The van der Waals surface area contributed by atoms with Crippen molar-refractivity contribution < 1.29 is 9.59 Å². The van der Waals surface area contributed by atoms with Crippen molar-refractivity contribution in [1.29, 1.82) is 0 Å². The van der Waals surface area contributed by atoms with Crippen LogP contribution in [0.15, 0.2) is 73.1 Å². The van der Waals surface area contributed by atoms with Crippen molar-refractivity contribution in [3.05, 3.63) is 101 Å². The molecule has 0 fully saturated rings. The molecule has 2 aromatic carbocycles. The van der Waals surface area contributed by atoms with E-state index in [0.717, 1.165) is 24.0 Å². The fraction of sp³-hybridized carbons (Fsp3) is 0.208. The van der Waals surface area contributed by atoms with Gasteiger partial charge in [-0.15, -0.1) is 0 Å². The molecule has 0 spiro atoms. The first-order valence-corrected chi connectivity index (χ1v) is 9.73. The number of pyridine rings is 1. The molecular formula is C24H25N3O2. The zero-order chi connectivity index (χ0) is 20.5. The van der Waals surface area contributed by atoms with Gasteiger partial charge in [-0.25, -0.2) is 0 Å². The number of hydrogen-bond acceptors (Lipinski definition) is 3. The minimum absolute atomic E-state index is 0.223. The molecule has 148 valence electrons. The summed E-state index contributed by atoms with van der Waals surface area (Å²) >= 11 is 0. The van der Waals surface area contributed by atoms with Crippen molar-refractivity contribution in [2.75, 3.05) is 6.54 Å². The van der Waals surface area contributed by atoms with Gasteiger partial charge in [0.05, 0.1) is 11.1 Å². The molecule has 0 bridgehead atoms. The van der Waals surface area contributed by atoms with Crippen molar-refractivity contribution in [2.45, 2.75) is 26.3 Å². The van der Waals surface area contributed by atoms with Crippen molar-refractivity contribution in [3.8, 4) is 0 Å². The Hall–Kier alpha value is -3.47. The molecule has 2 N–H and O–H groups in total. The van der Waals surface area contributed by atoms with Gasteiger partial charge >= 0.3 is 0 Å². The van der Waals surface area contributed by atoms with Gasteiger partial charge in [0.15, 0.2) is 0 Å². The van der Waals surface area contributed by atoms with Crippen LogP contribution in [0.1, 0.15) is 43.8 Å². The molecule has 0 aliphatic carbocycles. The lowest BCUT2D eigenvalue weighted by molar-refractivity contribution is 0.0950. The van der Waals surface area contributed by atoms with Gasteiger partial charge in [0.2, 0.25) is 0 Å². The fourth-order valence-corrected chi connectivity index (χ4v) is 3.04. The summed E-state index contributed by atoms with van der Waals surface area (Å²) in [5.74, 6) is -0.475. The SMILES string of the molecule is Cc1cccc(CNC(=O)c2cncc(C(=O)NCCCc3ccccc3)c2)c1. The Morgan fingerprint density at radius 2 is 1.52 bits per heavy atom. The number of rotatable bonds is 8. The lowest BCUT2D eigenvalue weighted by atomic mass is 10.1. The molecule has 0 aliphatic rings. The van der Waals surface area contributed by atoms with Crippen molar-refractivity contribution in [3.63, 3.8) is 0 Å². The summed E-state index contributed by atoms with van der Waals surface area (Å²) in [6.07, 6.45) is 4.70. The molecule has 1 heterocycles. The number of hydrogen-bond donors (Lipinski definition) is 2. The highest BCUT2D eigenvalue weighted by atomic mass is 16.2. The second-order valence-corrected chi connectivity index (χ2v) is 6.98. The Kier molecular flexibility index (Phi) is 7.11. The number of aromatic nitrogens is 1. The number of carbonyl (C=O) groups excluding carboxylic acids is 2. The normalized spacial score (nSPS) is 10.4. The van der Waals surface area contributed by atoms with Gasteiger partial charge < -0.3 is 10.6 Å². The minimum atomic E-state index is -0.252. The average molecular weight is 387 g/mol. The molecule has 5 heteroatoms. The third kappa shape index (κ3) is 6.28. The van der Waals surface area contributed by atoms with Crippen LogP contribution in [0, 0.1) is 6.92 Å². The van der Waals surface area contributed by atoms with Crippen LogP contribution in [0.3, 0.4) is 0 Å². The van der Waals surface area contributed by atoms with E-state index in [1.54, 1.807) is 6.07 Å². The summed E-state index contributed by atoms with van der Waals surface area (Å²) < 4.78 is 0. The molecule has 0 aliphatic heterocycles. The van der Waals surface area contributed by atoms with E-state index in [4.69, 9.17) is 0 Å². The van der Waals surface area contributed by atoms with Crippen LogP contribution < -0.4 is 10.6 Å². The van der Waals surface area contributed by atoms with Crippen molar-refractivity contribution >= 4 is 11.8 Å². The summed E-state index contributed by atoms with van der Waals surface area (Å²) in [4.78, 5) is 28.8. The molecule has 0 unspecified atom stereocenters. The highest BCUT2D eigenvalue weighted by Crippen LogP contribution is 2.07. The highest BCUT2D eigenvalue weighted by molar-refractivity contribution is 5.99. The fourth-order valence-electron chi connectivity index (χ4n) is 3.04. The van der Waals surface area contributed by atoms with Gasteiger partial charge in [0.25, 0.3) is 11.8 Å². The number of aryl methyl sites for hydroxylation is 2. The van der Waals surface area contributed by atoms with Crippen LogP contribution in [-0.4, -0.2) is 23.3 Å². The topological polar surface area (TPSA) is 71.1 Å². The van der Waals surface area contributed by atoms with Crippen LogP contribution in [0.2, 0.25) is 0 Å². The molecule has 0 saturated carbocycles. The van der Waals surface area contributed by atoms with Crippen LogP contribution in [0.5, 0.6) is 0 Å². The van der Waals surface area contributed by atoms with Crippen LogP contribution in [0.25, 0.3) is 0 Å². The maximum absolute atomic E-state index is 12.4. The molecule has 0 saturated heterocycles. The summed E-state index contributed by atoms with van der Waals surface area (Å²) in [5, 5.41) is 5.76. The molecule has 3 aromatic rings. The summed E-state index contributed by atoms with van der Waals surface area (Å²) in [6, 6.07) is 19.7. The van der Waals surface area contributed by atoms with E-state index in [2.05, 4.69) is 27.8 Å². The van der Waals surface area contributed by atoms with E-state index in [1.807, 2.05) is 49.4 Å². The van der Waals surface area contributed by atoms with Gasteiger partial charge in [-0.1, -0.05) is 60.2 Å². The molecule has 5 nitrogen and oxygen atoms in total. The van der Waals surface area contributed by atoms with Crippen LogP contribution in [-0.2, 0) is 13.0 Å². The van der Waals surface area contributed by atoms with Crippen molar-refractivity contribution in [2.24, 2.45) is 0 Å². The summed E-state index contributed by atoms with van der Waals surface area (Å²) in [5.41, 5.74) is 4.17. The Labute approximate surface area is 171 Å². The molecule has 0 radical (unpaired) electrons. The average Bonchev–Trinajstić information content (AvgIpc) is 2.76. The zero-order valence-corrected chi connectivity index (χ0v) is 16.5. The van der Waals surface area contributed by atoms with Gasteiger partial charge in [0.1, 0.15) is 0 Å². The van der Waals surface area contributed by atoms with Gasteiger partial charge in [-0.2, -0.15) is 0 Å². The predicted octanol–water partition coefficient (Wildman–Crippen LogP) is 3.68. The predicted molar refractivity (Wildman–Crippen MR) is 114 cm³/mol. The van der Waals surface area contributed by atoms with Crippen LogP contribution >= 0.6 is 0 Å². The lowest BCUT2D eigenvalue weighted by Gasteiger charge is -2.08. The Morgan fingerprint density at radius 3 is 2.24 bits per heavy atom. The lowest BCUT2D eigenvalue weighted by Crippen LogP contribution is -2.26. The van der Waals surface area contributed by atoms with E-state index >= 15 is 0 Å². The third-order valence-electron chi connectivity index (χ3n) is 4.57. The van der Waals surface area contributed by atoms with E-state index in [9.17, 15) is 9.59 Å². The number of nitrogens with zero attached hydrogens (tertiary/aromatic N) is 1. The third-order valence-corrected chi connectivity index (χ3v) is 4.57. The first-order valence-electron chi connectivity index (χ1n) is 9.73. The highest BCUT2D eigenvalue weighted by Gasteiger charge is 2.11. The number of benzene rings is 2. The monoisotopic (exact) mass is 387 g/mol. The molecule has 3 rings (SSSR count). The Morgan fingerprint density at radius 1 is 0.828 bits per heavy atom. The van der Waals surface area contributed by atoms with Crippen LogP contribution in [0.4, 0.5) is 0 Å². The Balaban J connectivity index is 1.50. The maximum Gasteiger partial charge on any atom is 0.253 e. The van der Waals surface area contributed by atoms with E-state index in [1.165, 1.54) is 18.0 Å². The van der Waals surface area contributed by atoms with Gasteiger partial charge in [0, 0.05) is 25.5 Å². The largest absolute Gasteiger partial charge is 0.352 e. The summed E-state index contributed by atoms with van der Waals surface area (Å²) in [7, 11) is 0. The minimum Gasteiger partial charge on any atom is -0.352 e. The molecule has 29 heavy (non-hydrogen) atoms. The number of carbonyl (C=O) groups is 2. The maximum atomic E-state index is 12.4. The van der Waals surface area contributed by atoms with E-state index < -0.39 is 0 Å². The second kappa shape index (κ2) is 10.2. The zero-order valence-electron chi connectivity index (χ0n) is 16.5. The van der Waals surface area contributed by atoms with E-state index in [0.29, 0.717) is 24.2 Å². The quantitative estimate of drug-likeness (QED) is 0.579. The molecule has 0 atom stereocenters. The first kappa shape index (κ1) is 20.3. The smallest absolute Gasteiger partial charge is 0.253 e. The Bertz CT molecular complexity index is 971. The number of amides is 2. The molecule has 2 amide bonds. The van der Waals surface area contributed by atoms with Crippen molar-refractivity contribution in [1.82, 2.24) is 15.6 Å². The van der Waals surface area contributed by atoms with Gasteiger partial charge in [-0.05, 0) is 37.0 Å². The van der Waals surface area contributed by atoms with Gasteiger partial charge in [-0.3, -0.25) is 14.6 Å². The summed E-state index contributed by atoms with van der Waals surface area (Å²) in [6.45, 7) is 3.01.